The Morgan fingerprint density at radius 3 is 2.02 bits per heavy atom. The van der Waals surface area contributed by atoms with Crippen LogP contribution in [0.15, 0.2) is 77.7 Å². The first-order valence-electron chi connectivity index (χ1n) is 14.0. The van der Waals surface area contributed by atoms with Gasteiger partial charge in [-0.3, -0.25) is 24.6 Å². The zero-order chi connectivity index (χ0) is 31.4. The number of hydrogen-bond acceptors (Lipinski definition) is 8. The highest BCUT2D eigenvalue weighted by Crippen LogP contribution is 2.29. The summed E-state index contributed by atoms with van der Waals surface area (Å²) >= 11 is 0. The predicted molar refractivity (Wildman–Crippen MR) is 161 cm³/mol. The number of ether oxygens (including phenoxy) is 2. The van der Waals surface area contributed by atoms with Crippen molar-refractivity contribution in [2.75, 3.05) is 50.6 Å². The number of anilines is 2. The number of imide groups is 1. The van der Waals surface area contributed by atoms with E-state index >= 15 is 0 Å². The van der Waals surface area contributed by atoms with E-state index in [0.717, 1.165) is 4.90 Å². The van der Waals surface area contributed by atoms with Gasteiger partial charge < -0.3 is 14.4 Å². The summed E-state index contributed by atoms with van der Waals surface area (Å²) in [6.45, 7) is 0.338. The molecule has 0 aliphatic carbocycles. The van der Waals surface area contributed by atoms with Gasteiger partial charge in [0.05, 0.1) is 30.2 Å². The van der Waals surface area contributed by atoms with E-state index in [2.05, 4.69) is 10.1 Å². The number of nitrogens with one attached hydrogen (secondary N) is 1. The van der Waals surface area contributed by atoms with E-state index in [9.17, 15) is 27.6 Å². The van der Waals surface area contributed by atoms with Crippen LogP contribution < -0.4 is 15.0 Å². The normalized spacial score (nSPS) is 15.5. The maximum Gasteiger partial charge on any atom is 0.411 e. The third-order valence-electron chi connectivity index (χ3n) is 7.80. The van der Waals surface area contributed by atoms with Gasteiger partial charge >= 0.3 is 6.09 Å². The fraction of sp³-hybridized carbons (Fsp3) is 0.290. The maximum atomic E-state index is 13.9. The van der Waals surface area contributed by atoms with Crippen LogP contribution in [-0.4, -0.2) is 81.8 Å². The molecule has 0 atom stereocenters. The Hall–Kier alpha value is -4.75. The van der Waals surface area contributed by atoms with E-state index in [1.807, 2.05) is 0 Å². The number of amides is 4. The van der Waals surface area contributed by atoms with Crippen molar-refractivity contribution in [1.82, 2.24) is 9.21 Å². The molecule has 1 fully saturated rings. The molecule has 1 saturated heterocycles. The van der Waals surface area contributed by atoms with Gasteiger partial charge in [0.25, 0.3) is 11.8 Å². The average Bonchev–Trinajstić information content (AvgIpc) is 3.30. The second-order valence-corrected chi connectivity index (χ2v) is 12.3. The number of fused-ring (bicyclic) bond motifs is 1. The molecule has 0 bridgehead atoms. The molecule has 12 nitrogen and oxygen atoms in total. The Kier molecular flexibility index (Phi) is 8.97. The summed E-state index contributed by atoms with van der Waals surface area (Å²) in [4.78, 5) is 54.0. The monoisotopic (exact) mass is 620 g/mol. The van der Waals surface area contributed by atoms with Crippen LogP contribution in [0.3, 0.4) is 0 Å². The Labute approximate surface area is 255 Å². The van der Waals surface area contributed by atoms with Crippen LogP contribution in [0.25, 0.3) is 0 Å². The molecule has 44 heavy (non-hydrogen) atoms. The highest BCUT2D eigenvalue weighted by Gasteiger charge is 2.37. The smallest absolute Gasteiger partial charge is 0.411 e. The Morgan fingerprint density at radius 2 is 1.48 bits per heavy atom. The van der Waals surface area contributed by atoms with Gasteiger partial charge in [0.2, 0.25) is 15.9 Å². The number of methoxy groups -OCH3 is 2. The lowest BCUT2D eigenvalue weighted by Gasteiger charge is -2.34. The fourth-order valence-corrected chi connectivity index (χ4v) is 6.83. The summed E-state index contributed by atoms with van der Waals surface area (Å²) in [6, 6.07) is 19.3. The quantitative estimate of drug-likeness (QED) is 0.358. The molecule has 2 aliphatic heterocycles. The third-order valence-corrected chi connectivity index (χ3v) is 9.72. The Morgan fingerprint density at radius 1 is 0.886 bits per heavy atom. The molecular weight excluding hydrogens is 588 g/mol. The molecule has 2 aliphatic rings. The van der Waals surface area contributed by atoms with E-state index in [1.54, 1.807) is 53.4 Å². The number of carbonyl (C=O) groups is 4. The summed E-state index contributed by atoms with van der Waals surface area (Å²) < 4.78 is 37.8. The van der Waals surface area contributed by atoms with E-state index in [-0.39, 0.29) is 37.0 Å². The summed E-state index contributed by atoms with van der Waals surface area (Å²) in [5.74, 6) is -0.894. The maximum absolute atomic E-state index is 13.9. The van der Waals surface area contributed by atoms with Gasteiger partial charge in [-0.15, -0.1) is 0 Å². The molecule has 13 heteroatoms. The molecule has 1 N–H and O–H groups in total. The first-order valence-corrected chi connectivity index (χ1v) is 15.4. The number of hydrogen-bond donors (Lipinski definition) is 1. The van der Waals surface area contributed by atoms with Crippen molar-refractivity contribution in [3.63, 3.8) is 0 Å². The van der Waals surface area contributed by atoms with Gasteiger partial charge in [-0.1, -0.05) is 12.1 Å². The zero-order valence-corrected chi connectivity index (χ0v) is 25.1. The lowest BCUT2D eigenvalue weighted by Crippen LogP contribution is -2.47. The molecule has 0 unspecified atom stereocenters. The molecule has 230 valence electrons. The molecule has 0 radical (unpaired) electrons. The van der Waals surface area contributed by atoms with Gasteiger partial charge in [-0.25, -0.2) is 13.2 Å². The SMILES string of the molecule is COC(=O)Nc1ccc(S(=O)(=O)N2CCC(C(=O)N(CCN3C(=O)c4ccccc4C3=O)c3ccc(OC)cc3)CC2)cc1. The minimum atomic E-state index is -3.83. The molecule has 0 saturated carbocycles. The molecule has 2 heterocycles. The van der Waals surface area contributed by atoms with Crippen molar-refractivity contribution in [1.29, 1.82) is 0 Å². The van der Waals surface area contributed by atoms with Crippen LogP contribution in [0.4, 0.5) is 16.2 Å². The standard InChI is InChI=1S/C31H32N4O8S/c1-42-24-11-9-23(10-12-24)34(19-20-35-29(37)26-5-3-4-6-27(26)30(35)38)28(36)21-15-17-33(18-16-21)44(40,41)25-13-7-22(8-14-25)32-31(39)43-2/h3-14,21H,15-20H2,1-2H3,(H,32,39). The number of sulfonamides is 1. The summed E-state index contributed by atoms with van der Waals surface area (Å²) in [6.07, 6.45) is -0.0841. The highest BCUT2D eigenvalue weighted by molar-refractivity contribution is 7.89. The largest absolute Gasteiger partial charge is 0.497 e. The van der Waals surface area contributed by atoms with Crippen molar-refractivity contribution < 1.29 is 37.1 Å². The van der Waals surface area contributed by atoms with Crippen molar-refractivity contribution in [3.05, 3.63) is 83.9 Å². The van der Waals surface area contributed by atoms with E-state index < -0.39 is 33.8 Å². The van der Waals surface area contributed by atoms with Crippen LogP contribution in [-0.2, 0) is 19.6 Å². The van der Waals surface area contributed by atoms with Crippen LogP contribution in [0.1, 0.15) is 33.6 Å². The molecular formula is C31H32N4O8S. The van der Waals surface area contributed by atoms with Crippen LogP contribution in [0.5, 0.6) is 5.75 Å². The first-order chi connectivity index (χ1) is 21.1. The minimum Gasteiger partial charge on any atom is -0.497 e. The van der Waals surface area contributed by atoms with Gasteiger partial charge in [0, 0.05) is 43.5 Å². The lowest BCUT2D eigenvalue weighted by molar-refractivity contribution is -0.123. The topological polar surface area (TPSA) is 143 Å². The Balaban J connectivity index is 1.28. The highest BCUT2D eigenvalue weighted by atomic mass is 32.2. The van der Waals surface area contributed by atoms with Gasteiger partial charge in [-0.2, -0.15) is 4.31 Å². The second kappa shape index (κ2) is 12.9. The van der Waals surface area contributed by atoms with Crippen molar-refractivity contribution in [2.45, 2.75) is 17.7 Å². The van der Waals surface area contributed by atoms with Crippen LogP contribution >= 0.6 is 0 Å². The van der Waals surface area contributed by atoms with Gasteiger partial charge in [0.1, 0.15) is 5.75 Å². The zero-order valence-electron chi connectivity index (χ0n) is 24.3. The molecule has 3 aromatic carbocycles. The molecule has 3 aromatic rings. The molecule has 0 spiro atoms. The van der Waals surface area contributed by atoms with Crippen LogP contribution in [0, 0.1) is 5.92 Å². The molecule has 5 rings (SSSR count). The Bertz CT molecular complexity index is 1630. The van der Waals surface area contributed by atoms with Gasteiger partial charge in [-0.05, 0) is 73.5 Å². The number of piperidine rings is 1. The van der Waals surface area contributed by atoms with Crippen molar-refractivity contribution in [2.24, 2.45) is 5.92 Å². The van der Waals surface area contributed by atoms with E-state index in [4.69, 9.17) is 4.74 Å². The summed E-state index contributed by atoms with van der Waals surface area (Å²) in [7, 11) is -1.07. The average molecular weight is 621 g/mol. The predicted octanol–water partition coefficient (Wildman–Crippen LogP) is 3.60. The number of benzene rings is 3. The van der Waals surface area contributed by atoms with Crippen molar-refractivity contribution in [3.8, 4) is 5.75 Å². The van der Waals surface area contributed by atoms with E-state index in [0.29, 0.717) is 41.1 Å². The summed E-state index contributed by atoms with van der Waals surface area (Å²) in [5, 5.41) is 2.48. The molecule has 4 amide bonds. The number of nitrogens with zero attached hydrogens (tertiary/aromatic N) is 3. The number of rotatable bonds is 9. The third kappa shape index (κ3) is 6.15. The van der Waals surface area contributed by atoms with Gasteiger partial charge in [0.15, 0.2) is 0 Å². The van der Waals surface area contributed by atoms with Crippen LogP contribution in [0.2, 0.25) is 0 Å². The summed E-state index contributed by atoms with van der Waals surface area (Å²) in [5.41, 5.74) is 1.63. The first kappa shape index (κ1) is 30.7. The molecule has 0 aromatic heterocycles. The van der Waals surface area contributed by atoms with Crippen molar-refractivity contribution >= 4 is 45.2 Å². The van der Waals surface area contributed by atoms with E-state index in [1.165, 1.54) is 42.8 Å². The minimum absolute atomic E-state index is 0.00181. The number of carbonyl (C=O) groups excluding carboxylic acids is 4. The second-order valence-electron chi connectivity index (χ2n) is 10.3. The lowest BCUT2D eigenvalue weighted by atomic mass is 9.96. The fourth-order valence-electron chi connectivity index (χ4n) is 5.36.